The van der Waals surface area contributed by atoms with E-state index in [1.54, 1.807) is 0 Å². The van der Waals surface area contributed by atoms with Crippen molar-refractivity contribution in [1.29, 1.82) is 0 Å². The number of carbonyl (C=O) groups excluding carboxylic acids is 1. The van der Waals surface area contributed by atoms with Gasteiger partial charge in [-0.3, -0.25) is 14.5 Å². The highest BCUT2D eigenvalue weighted by Gasteiger charge is 2.66. The predicted molar refractivity (Wildman–Crippen MR) is 84.7 cm³/mol. The van der Waals surface area contributed by atoms with E-state index in [0.29, 0.717) is 32.5 Å². The third-order valence-corrected chi connectivity index (χ3v) is 6.74. The summed E-state index contributed by atoms with van der Waals surface area (Å²) < 4.78 is 5.78. The number of rotatable bonds is 4. The summed E-state index contributed by atoms with van der Waals surface area (Å²) in [7, 11) is 0. The molecule has 0 unspecified atom stereocenters. The summed E-state index contributed by atoms with van der Waals surface area (Å²) in [6.07, 6.45) is 2.25. The molecule has 0 aromatic heterocycles. The van der Waals surface area contributed by atoms with E-state index >= 15 is 0 Å². The molecule has 6 atom stereocenters. The fourth-order valence-electron chi connectivity index (χ4n) is 5.73. The van der Waals surface area contributed by atoms with E-state index in [9.17, 15) is 24.6 Å². The van der Waals surface area contributed by atoms with Gasteiger partial charge in [0.05, 0.1) is 24.5 Å². The standard InChI is InChI=1S/C17H22N2O6/c18-14-13-9-5-11-17(14,15(22)16(23)24)2-3-19(11)7-8(9)1-4-25-10(13)6-12(20)21/h1,9-11,13-14H,2-7,18H2,(H,20,21)(H,23,24)/t9-,10+,11-,13-,14-,17+/m1/s1. The Morgan fingerprint density at radius 2 is 2.12 bits per heavy atom. The van der Waals surface area contributed by atoms with Crippen LogP contribution in [0.5, 0.6) is 0 Å². The van der Waals surface area contributed by atoms with E-state index in [2.05, 4.69) is 4.90 Å². The second-order valence-corrected chi connectivity index (χ2v) is 7.60. The molecular weight excluding hydrogens is 328 g/mol. The lowest BCUT2D eigenvalue weighted by Gasteiger charge is -2.55. The predicted octanol–water partition coefficient (Wildman–Crippen LogP) is -0.522. The number of ketones is 1. The molecule has 4 rings (SSSR count). The van der Waals surface area contributed by atoms with E-state index in [0.717, 1.165) is 0 Å². The molecule has 8 heteroatoms. The minimum atomic E-state index is -1.46. The summed E-state index contributed by atoms with van der Waals surface area (Å²) in [6, 6.07) is -0.913. The van der Waals surface area contributed by atoms with Crippen molar-refractivity contribution >= 4 is 17.7 Å². The van der Waals surface area contributed by atoms with Crippen LogP contribution in [0.25, 0.3) is 0 Å². The van der Waals surface area contributed by atoms with E-state index in [1.807, 2.05) is 6.08 Å². The molecule has 4 N–H and O–H groups in total. The Morgan fingerprint density at radius 3 is 2.80 bits per heavy atom. The Labute approximate surface area is 144 Å². The molecule has 4 aliphatic rings. The largest absolute Gasteiger partial charge is 0.481 e. The molecule has 1 saturated carbocycles. The van der Waals surface area contributed by atoms with Crippen LogP contribution < -0.4 is 5.73 Å². The lowest BCUT2D eigenvalue weighted by Crippen LogP contribution is -2.68. The quantitative estimate of drug-likeness (QED) is 0.456. The zero-order valence-corrected chi connectivity index (χ0v) is 13.8. The van der Waals surface area contributed by atoms with Crippen LogP contribution in [0.3, 0.4) is 0 Å². The smallest absolute Gasteiger partial charge is 0.372 e. The van der Waals surface area contributed by atoms with Crippen molar-refractivity contribution in [3.05, 3.63) is 11.6 Å². The molecule has 0 spiro atoms. The number of piperidine rings is 1. The SMILES string of the molecule is N[C@@H]1[C@H]2[C@H](CC(=O)O)OCC=C3CN4CC[C@]1(C(=O)C(=O)O)[C@H]4C[C@H]32. The van der Waals surface area contributed by atoms with Gasteiger partial charge in [0.1, 0.15) is 0 Å². The van der Waals surface area contributed by atoms with Crippen LogP contribution in [0.4, 0.5) is 0 Å². The molecule has 3 fully saturated rings. The van der Waals surface area contributed by atoms with Crippen LogP contribution in [0, 0.1) is 17.3 Å². The average Bonchev–Trinajstić information content (AvgIpc) is 2.85. The number of carbonyl (C=O) groups is 3. The van der Waals surface area contributed by atoms with Gasteiger partial charge >= 0.3 is 11.9 Å². The molecule has 0 amide bonds. The number of hydrogen-bond acceptors (Lipinski definition) is 6. The fraction of sp³-hybridized carbons (Fsp3) is 0.706. The highest BCUT2D eigenvalue weighted by atomic mass is 16.5. The van der Waals surface area contributed by atoms with Crippen LogP contribution in [-0.4, -0.2) is 70.7 Å². The summed E-state index contributed by atoms with van der Waals surface area (Å²) in [5, 5.41) is 18.6. The Bertz CT molecular complexity index is 676. The maximum atomic E-state index is 12.7. The van der Waals surface area contributed by atoms with Gasteiger partial charge in [-0.05, 0) is 25.3 Å². The molecule has 0 aromatic carbocycles. The number of nitrogens with two attached hydrogens (primary N) is 1. The lowest BCUT2D eigenvalue weighted by atomic mass is 9.54. The van der Waals surface area contributed by atoms with Crippen molar-refractivity contribution in [2.75, 3.05) is 19.7 Å². The van der Waals surface area contributed by atoms with Gasteiger partial charge < -0.3 is 20.7 Å². The van der Waals surface area contributed by atoms with Crippen LogP contribution in [0.2, 0.25) is 0 Å². The maximum absolute atomic E-state index is 12.7. The first kappa shape index (κ1) is 16.7. The topological polar surface area (TPSA) is 130 Å². The molecule has 8 nitrogen and oxygen atoms in total. The number of ether oxygens (including phenoxy) is 1. The van der Waals surface area contributed by atoms with Crippen LogP contribution in [-0.2, 0) is 19.1 Å². The lowest BCUT2D eigenvalue weighted by molar-refractivity contribution is -0.161. The normalized spacial score (nSPS) is 42.4. The van der Waals surface area contributed by atoms with Crippen molar-refractivity contribution < 1.29 is 29.3 Å². The zero-order valence-electron chi connectivity index (χ0n) is 13.8. The minimum Gasteiger partial charge on any atom is -0.481 e. The van der Waals surface area contributed by atoms with E-state index < -0.39 is 35.3 Å². The van der Waals surface area contributed by atoms with Crippen LogP contribution >= 0.6 is 0 Å². The molecule has 3 aliphatic heterocycles. The Balaban J connectivity index is 1.81. The number of hydrogen-bond donors (Lipinski definition) is 3. The van der Waals surface area contributed by atoms with E-state index in [1.165, 1.54) is 5.57 Å². The van der Waals surface area contributed by atoms with Crippen LogP contribution in [0.15, 0.2) is 11.6 Å². The number of nitrogens with zero attached hydrogens (tertiary/aromatic N) is 1. The van der Waals surface area contributed by atoms with Gasteiger partial charge in [-0.25, -0.2) is 4.79 Å². The number of carboxylic acid groups (broad SMARTS) is 2. The molecule has 1 aliphatic carbocycles. The molecule has 2 saturated heterocycles. The summed E-state index contributed by atoms with van der Waals surface area (Å²) >= 11 is 0. The Hall–Kier alpha value is -1.77. The number of carboxylic acids is 2. The van der Waals surface area contributed by atoms with Gasteiger partial charge in [-0.2, -0.15) is 0 Å². The monoisotopic (exact) mass is 350 g/mol. The summed E-state index contributed by atoms with van der Waals surface area (Å²) in [4.78, 5) is 37.7. The van der Waals surface area contributed by atoms with Gasteiger partial charge in [0.25, 0.3) is 0 Å². The highest BCUT2D eigenvalue weighted by molar-refractivity contribution is 6.35. The molecular formula is C17H22N2O6. The fourth-order valence-corrected chi connectivity index (χ4v) is 5.73. The third-order valence-electron chi connectivity index (χ3n) is 6.74. The first-order valence-electron chi connectivity index (χ1n) is 8.66. The highest BCUT2D eigenvalue weighted by Crippen LogP contribution is 2.57. The van der Waals surface area contributed by atoms with Gasteiger partial charge in [0.2, 0.25) is 5.78 Å². The average molecular weight is 350 g/mol. The summed E-state index contributed by atoms with van der Waals surface area (Å²) in [6.45, 7) is 1.64. The first-order chi connectivity index (χ1) is 11.9. The van der Waals surface area contributed by atoms with Crippen molar-refractivity contribution in [2.24, 2.45) is 23.0 Å². The molecule has 3 heterocycles. The van der Waals surface area contributed by atoms with Crippen molar-refractivity contribution in [2.45, 2.75) is 37.5 Å². The minimum absolute atomic E-state index is 0.0518. The van der Waals surface area contributed by atoms with E-state index in [-0.39, 0.29) is 24.3 Å². The zero-order chi connectivity index (χ0) is 17.9. The molecule has 136 valence electrons. The van der Waals surface area contributed by atoms with Gasteiger partial charge in [-0.1, -0.05) is 11.6 Å². The third kappa shape index (κ3) is 2.21. The Kier molecular flexibility index (Phi) is 3.75. The van der Waals surface area contributed by atoms with Gasteiger partial charge in [0, 0.05) is 24.5 Å². The van der Waals surface area contributed by atoms with Gasteiger partial charge in [-0.15, -0.1) is 0 Å². The Morgan fingerprint density at radius 1 is 1.36 bits per heavy atom. The molecule has 25 heavy (non-hydrogen) atoms. The van der Waals surface area contributed by atoms with Crippen molar-refractivity contribution in [3.63, 3.8) is 0 Å². The van der Waals surface area contributed by atoms with Crippen molar-refractivity contribution in [3.8, 4) is 0 Å². The summed E-state index contributed by atoms with van der Waals surface area (Å²) in [5.41, 5.74) is 6.59. The summed E-state index contributed by atoms with van der Waals surface area (Å²) in [5.74, 6) is -3.58. The second-order valence-electron chi connectivity index (χ2n) is 7.60. The number of aliphatic carboxylic acids is 2. The molecule has 0 aromatic rings. The second kappa shape index (κ2) is 5.62. The van der Waals surface area contributed by atoms with Crippen LogP contribution in [0.1, 0.15) is 19.3 Å². The molecule has 0 radical (unpaired) electrons. The molecule has 2 bridgehead atoms. The first-order valence-corrected chi connectivity index (χ1v) is 8.66. The number of Topliss-reactive ketones (excluding diaryl/α,β-unsaturated/α-hetero) is 1. The van der Waals surface area contributed by atoms with Gasteiger partial charge in [0.15, 0.2) is 0 Å². The van der Waals surface area contributed by atoms with Crippen molar-refractivity contribution in [1.82, 2.24) is 4.90 Å². The maximum Gasteiger partial charge on any atom is 0.372 e. The van der Waals surface area contributed by atoms with E-state index in [4.69, 9.17) is 10.5 Å².